The highest BCUT2D eigenvalue weighted by Gasteiger charge is 2.17. The molecule has 2 heterocycles. The number of carbonyl (C=O) groups is 1. The van der Waals surface area contributed by atoms with Crippen LogP contribution in [0.4, 0.5) is 11.4 Å². The summed E-state index contributed by atoms with van der Waals surface area (Å²) in [5.74, 6) is -2.33. The molecule has 0 aliphatic carbocycles. The van der Waals surface area contributed by atoms with Crippen LogP contribution in [0.25, 0.3) is 17.2 Å². The van der Waals surface area contributed by atoms with Crippen molar-refractivity contribution in [2.45, 2.75) is 4.90 Å². The van der Waals surface area contributed by atoms with Crippen LogP contribution in [0.2, 0.25) is 0 Å². The number of aromatic nitrogens is 3. The number of rotatable bonds is 9. The molecule has 0 unspecified atom stereocenters. The Morgan fingerprint density at radius 1 is 0.905 bits per heavy atom. The SMILES string of the molecule is Cn1cc(-c2ccc(S(=O)(=O)n3ccc(/C=C/C(=O)Nc4ccccc4N)c3)cc2)cn1.O=S(=O)(O)CCS(=O)(=O)O. The largest absolute Gasteiger partial charge is 0.397 e. The lowest BCUT2D eigenvalue weighted by Gasteiger charge is -2.06. The second-order valence-corrected chi connectivity index (χ2v) is 13.7. The molecular formula is C25H27N5O9S3. The van der Waals surface area contributed by atoms with Crippen molar-refractivity contribution < 1.29 is 39.2 Å². The number of para-hydroxylation sites is 2. The zero-order valence-corrected chi connectivity index (χ0v) is 24.4. The molecule has 224 valence electrons. The third kappa shape index (κ3) is 9.67. The van der Waals surface area contributed by atoms with Crippen molar-refractivity contribution in [3.8, 4) is 11.1 Å². The molecule has 0 saturated heterocycles. The molecule has 0 aliphatic rings. The van der Waals surface area contributed by atoms with Gasteiger partial charge in [0, 0.05) is 37.3 Å². The van der Waals surface area contributed by atoms with Crippen molar-refractivity contribution in [1.82, 2.24) is 13.8 Å². The number of hydrogen-bond acceptors (Lipinski definition) is 9. The van der Waals surface area contributed by atoms with Crippen LogP contribution in [-0.4, -0.2) is 65.5 Å². The zero-order chi connectivity index (χ0) is 31.1. The summed E-state index contributed by atoms with van der Waals surface area (Å²) in [7, 11) is -10.5. The first-order valence-electron chi connectivity index (χ1n) is 11.8. The molecule has 0 aliphatic heterocycles. The molecule has 2 aromatic heterocycles. The fraction of sp³-hybridized carbons (Fsp3) is 0.120. The summed E-state index contributed by atoms with van der Waals surface area (Å²) in [6.45, 7) is 0. The predicted molar refractivity (Wildman–Crippen MR) is 157 cm³/mol. The van der Waals surface area contributed by atoms with Gasteiger partial charge in [-0.15, -0.1) is 0 Å². The molecule has 0 saturated carbocycles. The van der Waals surface area contributed by atoms with E-state index in [0.717, 1.165) is 15.1 Å². The van der Waals surface area contributed by atoms with Crippen molar-refractivity contribution in [3.63, 3.8) is 0 Å². The summed E-state index contributed by atoms with van der Waals surface area (Å²) in [5.41, 5.74) is 9.13. The van der Waals surface area contributed by atoms with Crippen LogP contribution in [0.3, 0.4) is 0 Å². The highest BCUT2D eigenvalue weighted by molar-refractivity contribution is 7.90. The fourth-order valence-corrected chi connectivity index (χ4v) is 6.21. The Balaban J connectivity index is 0.000000416. The van der Waals surface area contributed by atoms with E-state index >= 15 is 0 Å². The van der Waals surface area contributed by atoms with Crippen LogP contribution in [0.1, 0.15) is 5.56 Å². The molecule has 0 radical (unpaired) electrons. The standard InChI is InChI=1S/C23H21N5O3S.C2H6O6S2/c1-27-16-19(14-25-27)18-7-9-20(10-8-18)32(30,31)28-13-12-17(15-28)6-11-23(29)26-22-5-3-2-4-21(22)24;3-9(4,5)1-2-10(6,7)8/h2-16H,24H2,1H3,(H,26,29);1-2H2,(H,3,4,5)(H,6,7,8)/b11-6+;. The topological polar surface area (TPSA) is 221 Å². The van der Waals surface area contributed by atoms with Crippen LogP contribution in [0.5, 0.6) is 0 Å². The van der Waals surface area contributed by atoms with Crippen LogP contribution < -0.4 is 11.1 Å². The highest BCUT2D eigenvalue weighted by Crippen LogP contribution is 2.22. The Hall–Kier alpha value is -4.29. The highest BCUT2D eigenvalue weighted by atomic mass is 32.2. The van der Waals surface area contributed by atoms with E-state index in [1.165, 1.54) is 24.5 Å². The number of nitrogens with two attached hydrogens (primary N) is 1. The van der Waals surface area contributed by atoms with Crippen LogP contribution >= 0.6 is 0 Å². The van der Waals surface area contributed by atoms with Gasteiger partial charge in [-0.1, -0.05) is 24.3 Å². The summed E-state index contributed by atoms with van der Waals surface area (Å²) >= 11 is 0. The summed E-state index contributed by atoms with van der Waals surface area (Å²) in [6, 6.07) is 15.2. The summed E-state index contributed by atoms with van der Waals surface area (Å²) in [5, 5.41) is 6.81. The Bertz CT molecular complexity index is 1880. The first-order valence-corrected chi connectivity index (χ1v) is 16.5. The summed E-state index contributed by atoms with van der Waals surface area (Å²) < 4.78 is 84.1. The van der Waals surface area contributed by atoms with Gasteiger partial charge in [0.15, 0.2) is 0 Å². The van der Waals surface area contributed by atoms with Gasteiger partial charge < -0.3 is 11.1 Å². The van der Waals surface area contributed by atoms with E-state index in [0.29, 0.717) is 16.9 Å². The maximum absolute atomic E-state index is 12.9. The monoisotopic (exact) mass is 637 g/mol. The number of amides is 1. The molecule has 14 nitrogen and oxygen atoms in total. The molecule has 4 rings (SSSR count). The quantitative estimate of drug-likeness (QED) is 0.118. The van der Waals surface area contributed by atoms with E-state index in [9.17, 15) is 30.0 Å². The molecule has 0 spiro atoms. The lowest BCUT2D eigenvalue weighted by Crippen LogP contribution is -2.15. The van der Waals surface area contributed by atoms with E-state index in [1.807, 2.05) is 13.2 Å². The summed E-state index contributed by atoms with van der Waals surface area (Å²) in [4.78, 5) is 12.3. The number of nitrogen functional groups attached to an aromatic ring is 1. The lowest BCUT2D eigenvalue weighted by atomic mass is 10.1. The minimum Gasteiger partial charge on any atom is -0.397 e. The molecular weight excluding hydrogens is 611 g/mol. The molecule has 0 bridgehead atoms. The van der Waals surface area contributed by atoms with Gasteiger partial charge in [-0.25, -0.2) is 12.4 Å². The molecule has 17 heteroatoms. The molecule has 0 fully saturated rings. The maximum Gasteiger partial charge on any atom is 0.267 e. The number of hydrogen-bond donors (Lipinski definition) is 4. The van der Waals surface area contributed by atoms with Crippen molar-refractivity contribution in [3.05, 3.63) is 91.0 Å². The predicted octanol–water partition coefficient (Wildman–Crippen LogP) is 2.12. The smallest absolute Gasteiger partial charge is 0.267 e. The minimum atomic E-state index is -4.30. The van der Waals surface area contributed by atoms with Gasteiger partial charge in [0.25, 0.3) is 30.3 Å². The average Bonchev–Trinajstić information content (AvgIpc) is 3.57. The second-order valence-electron chi connectivity index (χ2n) is 8.69. The van der Waals surface area contributed by atoms with Gasteiger partial charge in [0.1, 0.15) is 0 Å². The fourth-order valence-electron chi connectivity index (χ4n) is 3.32. The average molecular weight is 638 g/mol. The third-order valence-corrected chi connectivity index (χ3v) is 8.75. The minimum absolute atomic E-state index is 0.161. The van der Waals surface area contributed by atoms with Gasteiger partial charge in [0.2, 0.25) is 5.91 Å². The first kappa shape index (κ1) is 32.2. The van der Waals surface area contributed by atoms with E-state index < -0.39 is 41.8 Å². The van der Waals surface area contributed by atoms with Gasteiger partial charge in [-0.05, 0) is 47.5 Å². The number of carbonyl (C=O) groups excluding carboxylic acids is 1. The maximum atomic E-state index is 12.9. The van der Waals surface area contributed by atoms with Crippen LogP contribution in [0.15, 0.2) is 90.4 Å². The molecule has 4 aromatic rings. The molecule has 2 aromatic carbocycles. The third-order valence-electron chi connectivity index (χ3n) is 5.40. The first-order chi connectivity index (χ1) is 19.5. The van der Waals surface area contributed by atoms with E-state index in [2.05, 4.69) is 10.4 Å². The second kappa shape index (κ2) is 13.1. The number of benzene rings is 2. The molecule has 1 amide bonds. The van der Waals surface area contributed by atoms with Crippen molar-refractivity contribution >= 4 is 53.6 Å². The Morgan fingerprint density at radius 3 is 2.07 bits per heavy atom. The van der Waals surface area contributed by atoms with Crippen molar-refractivity contribution in [2.75, 3.05) is 22.6 Å². The number of anilines is 2. The van der Waals surface area contributed by atoms with E-state index in [-0.39, 0.29) is 10.8 Å². The Labute approximate surface area is 242 Å². The zero-order valence-electron chi connectivity index (χ0n) is 22.0. The number of aryl methyl sites for hydroxylation is 1. The Kier molecular flexibility index (Phi) is 10.1. The van der Waals surface area contributed by atoms with Gasteiger partial charge in [-0.2, -0.15) is 21.9 Å². The number of nitrogens with one attached hydrogen (secondary N) is 1. The normalized spacial score (nSPS) is 12.1. The summed E-state index contributed by atoms with van der Waals surface area (Å²) in [6.07, 6.45) is 9.32. The molecule has 5 N–H and O–H groups in total. The van der Waals surface area contributed by atoms with Gasteiger partial charge >= 0.3 is 0 Å². The van der Waals surface area contributed by atoms with Crippen molar-refractivity contribution in [2.24, 2.45) is 7.05 Å². The van der Waals surface area contributed by atoms with Crippen LogP contribution in [-0.2, 0) is 42.1 Å². The van der Waals surface area contributed by atoms with Crippen LogP contribution in [0, 0.1) is 0 Å². The Morgan fingerprint density at radius 2 is 1.52 bits per heavy atom. The van der Waals surface area contributed by atoms with E-state index in [1.54, 1.807) is 65.5 Å². The van der Waals surface area contributed by atoms with Gasteiger partial charge in [-0.3, -0.25) is 18.6 Å². The van der Waals surface area contributed by atoms with Gasteiger partial charge in [0.05, 0.1) is 34.0 Å². The van der Waals surface area contributed by atoms with E-state index in [4.69, 9.17) is 14.8 Å². The number of nitrogens with zero attached hydrogens (tertiary/aromatic N) is 3. The van der Waals surface area contributed by atoms with Crippen molar-refractivity contribution in [1.29, 1.82) is 0 Å². The lowest BCUT2D eigenvalue weighted by molar-refractivity contribution is -0.111. The molecule has 0 atom stereocenters. The molecule has 42 heavy (non-hydrogen) atoms.